The van der Waals surface area contributed by atoms with Gasteiger partial charge in [0.15, 0.2) is 0 Å². The van der Waals surface area contributed by atoms with E-state index in [1.807, 2.05) is 66.7 Å². The average molecular weight is 405 g/mol. The number of hydrogen-bond donors (Lipinski definition) is 1. The third-order valence-corrected chi connectivity index (χ3v) is 4.49. The van der Waals surface area contributed by atoms with Crippen molar-refractivity contribution < 1.29 is 9.53 Å². The molecule has 0 radical (unpaired) electrons. The maximum atomic E-state index is 12.2. The fraction of sp³-hybridized carbons (Fsp3) is 0.0385. The van der Waals surface area contributed by atoms with Crippen LogP contribution < -0.4 is 5.32 Å². The van der Waals surface area contributed by atoms with Crippen LogP contribution >= 0.6 is 0 Å². The van der Waals surface area contributed by atoms with Crippen LogP contribution in [0, 0.1) is 11.8 Å². The first-order valence-electron chi connectivity index (χ1n) is 9.66. The number of carbonyl (C=O) groups is 1. The highest BCUT2D eigenvalue weighted by Crippen LogP contribution is 2.24. The van der Waals surface area contributed by atoms with E-state index in [9.17, 15) is 4.79 Å². The molecule has 0 amide bonds. The lowest BCUT2D eigenvalue weighted by Crippen LogP contribution is -2.04. The summed E-state index contributed by atoms with van der Waals surface area (Å²) in [7, 11) is 1.36. The number of methoxy groups -OCH3 is 1. The second-order valence-corrected chi connectivity index (χ2v) is 6.68. The lowest BCUT2D eigenvalue weighted by molar-refractivity contribution is 0.0600. The maximum absolute atomic E-state index is 12.2. The molecule has 1 N–H and O–H groups in total. The molecule has 0 unspecified atom stereocenters. The molecule has 5 nitrogen and oxygen atoms in total. The van der Waals surface area contributed by atoms with Crippen molar-refractivity contribution in [2.45, 2.75) is 0 Å². The van der Waals surface area contributed by atoms with E-state index >= 15 is 0 Å². The molecule has 0 spiro atoms. The number of hydrogen-bond acceptors (Lipinski definition) is 5. The Labute approximate surface area is 180 Å². The molecule has 2 heterocycles. The van der Waals surface area contributed by atoms with E-state index in [0.29, 0.717) is 17.1 Å². The molecule has 31 heavy (non-hydrogen) atoms. The van der Waals surface area contributed by atoms with Crippen molar-refractivity contribution in [3.05, 3.63) is 108 Å². The Kier molecular flexibility index (Phi) is 6.01. The van der Waals surface area contributed by atoms with Gasteiger partial charge in [-0.15, -0.1) is 0 Å². The van der Waals surface area contributed by atoms with Gasteiger partial charge in [-0.05, 0) is 48.5 Å². The van der Waals surface area contributed by atoms with Crippen LogP contribution in [0.3, 0.4) is 0 Å². The number of nitrogens with one attached hydrogen (secondary N) is 1. The van der Waals surface area contributed by atoms with Crippen molar-refractivity contribution in [1.29, 1.82) is 0 Å². The summed E-state index contributed by atoms with van der Waals surface area (Å²) in [6.45, 7) is 0. The number of nitrogens with zero attached hydrogens (tertiary/aromatic N) is 2. The van der Waals surface area contributed by atoms with Gasteiger partial charge in [-0.25, -0.2) is 9.78 Å². The highest BCUT2D eigenvalue weighted by atomic mass is 16.5. The van der Waals surface area contributed by atoms with E-state index in [1.54, 1.807) is 24.5 Å². The predicted molar refractivity (Wildman–Crippen MR) is 121 cm³/mol. The van der Waals surface area contributed by atoms with Gasteiger partial charge in [0.2, 0.25) is 0 Å². The van der Waals surface area contributed by atoms with Crippen molar-refractivity contribution in [3.63, 3.8) is 0 Å². The van der Waals surface area contributed by atoms with Crippen LogP contribution in [0.5, 0.6) is 0 Å². The third-order valence-electron chi connectivity index (χ3n) is 4.49. The van der Waals surface area contributed by atoms with Crippen LogP contribution in [-0.4, -0.2) is 23.0 Å². The minimum atomic E-state index is -0.418. The van der Waals surface area contributed by atoms with Gasteiger partial charge in [-0.1, -0.05) is 42.2 Å². The van der Waals surface area contributed by atoms with Crippen LogP contribution in [0.2, 0.25) is 0 Å². The first-order valence-corrected chi connectivity index (χ1v) is 9.66. The van der Waals surface area contributed by atoms with E-state index in [4.69, 9.17) is 4.74 Å². The molecule has 2 aromatic heterocycles. The van der Waals surface area contributed by atoms with E-state index in [1.165, 1.54) is 7.11 Å². The molecular weight excluding hydrogens is 386 g/mol. The first-order chi connectivity index (χ1) is 15.2. The van der Waals surface area contributed by atoms with Crippen molar-refractivity contribution in [2.24, 2.45) is 0 Å². The minimum absolute atomic E-state index is 0.418. The fourth-order valence-electron chi connectivity index (χ4n) is 2.95. The Morgan fingerprint density at radius 1 is 0.903 bits per heavy atom. The Morgan fingerprint density at radius 3 is 2.39 bits per heavy atom. The van der Waals surface area contributed by atoms with Crippen LogP contribution in [0.15, 0.2) is 91.3 Å². The molecule has 0 bridgehead atoms. The average Bonchev–Trinajstić information content (AvgIpc) is 2.83. The molecule has 5 heteroatoms. The van der Waals surface area contributed by atoms with Crippen molar-refractivity contribution in [1.82, 2.24) is 9.97 Å². The van der Waals surface area contributed by atoms with Crippen LogP contribution in [-0.2, 0) is 4.74 Å². The molecule has 0 aliphatic heterocycles. The van der Waals surface area contributed by atoms with Gasteiger partial charge in [-0.2, -0.15) is 0 Å². The van der Waals surface area contributed by atoms with Gasteiger partial charge in [0.05, 0.1) is 18.4 Å². The number of benzene rings is 2. The van der Waals surface area contributed by atoms with Crippen LogP contribution in [0.4, 0.5) is 11.5 Å². The molecule has 0 atom stereocenters. The lowest BCUT2D eigenvalue weighted by atomic mass is 10.1. The first kappa shape index (κ1) is 19.9. The smallest absolute Gasteiger partial charge is 0.338 e. The lowest BCUT2D eigenvalue weighted by Gasteiger charge is -2.10. The zero-order valence-electron chi connectivity index (χ0n) is 16.9. The number of esters is 1. The van der Waals surface area contributed by atoms with Crippen molar-refractivity contribution in [3.8, 4) is 23.1 Å². The topological polar surface area (TPSA) is 64.1 Å². The van der Waals surface area contributed by atoms with E-state index in [-0.39, 0.29) is 0 Å². The summed E-state index contributed by atoms with van der Waals surface area (Å²) in [5, 5.41) is 3.24. The number of aromatic nitrogens is 2. The number of carbonyl (C=O) groups excluding carboxylic acids is 1. The highest BCUT2D eigenvalue weighted by Gasteiger charge is 2.12. The summed E-state index contributed by atoms with van der Waals surface area (Å²) >= 11 is 0. The molecule has 0 saturated heterocycles. The number of para-hydroxylation sites is 1. The molecule has 2 aromatic carbocycles. The van der Waals surface area contributed by atoms with Crippen molar-refractivity contribution in [2.75, 3.05) is 12.4 Å². The number of rotatable bonds is 4. The number of pyridine rings is 2. The Balaban J connectivity index is 1.64. The van der Waals surface area contributed by atoms with Crippen LogP contribution in [0.25, 0.3) is 11.3 Å². The zero-order valence-corrected chi connectivity index (χ0v) is 16.9. The normalized spacial score (nSPS) is 9.97. The molecule has 4 aromatic rings. The molecule has 0 saturated carbocycles. The zero-order chi connectivity index (χ0) is 21.5. The molecule has 0 aliphatic carbocycles. The van der Waals surface area contributed by atoms with Crippen LogP contribution in [0.1, 0.15) is 21.5 Å². The largest absolute Gasteiger partial charge is 0.465 e. The van der Waals surface area contributed by atoms with Crippen molar-refractivity contribution >= 4 is 17.5 Å². The molecule has 4 rings (SSSR count). The SMILES string of the molecule is COC(=O)c1cc(Nc2ccccc2)nc(-c2ccc(C#Cc3cccnc3)cc2)c1. The third kappa shape index (κ3) is 5.14. The minimum Gasteiger partial charge on any atom is -0.465 e. The quantitative estimate of drug-likeness (QED) is 0.379. The monoisotopic (exact) mass is 405 g/mol. The fourth-order valence-corrected chi connectivity index (χ4v) is 2.95. The van der Waals surface area contributed by atoms with Gasteiger partial charge in [0, 0.05) is 34.8 Å². The second kappa shape index (κ2) is 9.38. The van der Waals surface area contributed by atoms with Gasteiger partial charge < -0.3 is 10.1 Å². The number of ether oxygens (including phenoxy) is 1. The molecule has 150 valence electrons. The summed E-state index contributed by atoms with van der Waals surface area (Å²) in [4.78, 5) is 20.9. The molecule has 0 fully saturated rings. The Morgan fingerprint density at radius 2 is 1.68 bits per heavy atom. The summed E-state index contributed by atoms with van der Waals surface area (Å²) in [5.41, 5.74) is 4.56. The van der Waals surface area contributed by atoms with Gasteiger partial charge >= 0.3 is 5.97 Å². The predicted octanol–water partition coefficient (Wildman–Crippen LogP) is 5.07. The van der Waals surface area contributed by atoms with Gasteiger partial charge in [-0.3, -0.25) is 4.98 Å². The highest BCUT2D eigenvalue weighted by molar-refractivity contribution is 5.91. The standard InChI is InChI=1S/C26H19N3O2/c1-31-26(30)22-16-24(29-25(17-22)28-23-7-3-2-4-8-23)21-13-11-19(12-14-21)9-10-20-6-5-15-27-18-20/h2-8,11-18H,1H3,(H,28,29). The summed E-state index contributed by atoms with van der Waals surface area (Å²) in [6, 6.07) is 24.5. The summed E-state index contributed by atoms with van der Waals surface area (Å²) in [5.74, 6) is 6.36. The molecular formula is C26H19N3O2. The maximum Gasteiger partial charge on any atom is 0.338 e. The van der Waals surface area contributed by atoms with Gasteiger partial charge in [0.1, 0.15) is 5.82 Å². The van der Waals surface area contributed by atoms with E-state index < -0.39 is 5.97 Å². The number of anilines is 2. The second-order valence-electron chi connectivity index (χ2n) is 6.68. The van der Waals surface area contributed by atoms with E-state index in [0.717, 1.165) is 22.4 Å². The van der Waals surface area contributed by atoms with E-state index in [2.05, 4.69) is 27.1 Å². The van der Waals surface area contributed by atoms with Gasteiger partial charge in [0.25, 0.3) is 0 Å². The Bertz CT molecular complexity index is 1240. The summed E-state index contributed by atoms with van der Waals surface area (Å²) in [6.07, 6.45) is 3.45. The summed E-state index contributed by atoms with van der Waals surface area (Å²) < 4.78 is 4.91. The molecule has 0 aliphatic rings. The Hall–Kier alpha value is -4.43.